The van der Waals surface area contributed by atoms with Gasteiger partial charge in [0.05, 0.1) is 25.4 Å². The van der Waals surface area contributed by atoms with Crippen LogP contribution in [0.3, 0.4) is 0 Å². The predicted octanol–water partition coefficient (Wildman–Crippen LogP) is -7.15. The van der Waals surface area contributed by atoms with Crippen LogP contribution in [0, 0.1) is 5.92 Å². The van der Waals surface area contributed by atoms with Gasteiger partial charge in [0.25, 0.3) is 0 Å². The molecule has 0 aliphatic rings. The van der Waals surface area contributed by atoms with Crippen LogP contribution in [0.4, 0.5) is 0 Å². The van der Waals surface area contributed by atoms with Crippen molar-refractivity contribution < 1.29 is 54.0 Å². The van der Waals surface area contributed by atoms with Crippen LogP contribution in [0.15, 0.2) is 9.98 Å². The number of carbonyl (C=O) groups excluding carboxylic acids is 6. The second-order valence-electron chi connectivity index (χ2n) is 13.1. The first kappa shape index (κ1) is 49.7. The number of amides is 6. The van der Waals surface area contributed by atoms with Gasteiger partial charge in [0.2, 0.25) is 35.4 Å². The number of aliphatic carboxylic acids is 1. The Morgan fingerprint density at radius 3 is 1.51 bits per heavy atom. The lowest BCUT2D eigenvalue weighted by Gasteiger charge is -2.28. The Kier molecular flexibility index (Phi) is 23.2. The number of carboxylic acids is 1. The Labute approximate surface area is 318 Å². The van der Waals surface area contributed by atoms with Gasteiger partial charge >= 0.3 is 5.97 Å². The summed E-state index contributed by atoms with van der Waals surface area (Å²) >= 11 is 0. The van der Waals surface area contributed by atoms with Crippen molar-refractivity contribution in [1.29, 1.82) is 0 Å². The van der Waals surface area contributed by atoms with Crippen LogP contribution < -0.4 is 60.6 Å². The summed E-state index contributed by atoms with van der Waals surface area (Å²) in [4.78, 5) is 97.2. The number of carboxylic acid groups (broad SMARTS) is 1. The van der Waals surface area contributed by atoms with E-state index in [0.717, 1.165) is 6.92 Å². The van der Waals surface area contributed by atoms with Crippen molar-refractivity contribution in [1.82, 2.24) is 31.9 Å². The zero-order valence-electron chi connectivity index (χ0n) is 31.5. The van der Waals surface area contributed by atoms with Gasteiger partial charge in [0, 0.05) is 13.1 Å². The smallest absolute Gasteiger partial charge is 0.328 e. The van der Waals surface area contributed by atoms with Gasteiger partial charge in [-0.1, -0.05) is 13.8 Å². The molecule has 0 aromatic heterocycles. The normalized spacial score (nSPS) is 15.3. The Hall–Kier alpha value is -5.33. The second-order valence-corrected chi connectivity index (χ2v) is 13.1. The number of aliphatic imine (C=N–C) groups is 2. The number of aliphatic hydroxyl groups excluding tert-OH is 3. The van der Waals surface area contributed by atoms with Gasteiger partial charge in [-0.3, -0.25) is 38.8 Å². The number of nitrogens with zero attached hydrogens (tertiary/aromatic N) is 2. The van der Waals surface area contributed by atoms with E-state index in [4.69, 9.17) is 28.7 Å². The Morgan fingerprint density at radius 2 is 1.07 bits per heavy atom. The monoisotopic (exact) mass is 789 g/mol. The van der Waals surface area contributed by atoms with E-state index in [2.05, 4.69) is 41.9 Å². The molecule has 55 heavy (non-hydrogen) atoms. The van der Waals surface area contributed by atoms with Crippen molar-refractivity contribution in [2.24, 2.45) is 44.6 Å². The molecule has 0 heterocycles. The van der Waals surface area contributed by atoms with Crippen LogP contribution >= 0.6 is 0 Å². The highest BCUT2D eigenvalue weighted by Gasteiger charge is 2.34. The number of nitrogens with one attached hydrogen (secondary N) is 6. The number of hydrogen-bond donors (Lipinski definition) is 15. The molecule has 0 bridgehead atoms. The minimum atomic E-state index is -1.71. The summed E-state index contributed by atoms with van der Waals surface area (Å²) in [5.41, 5.74) is 26.8. The van der Waals surface area contributed by atoms with Gasteiger partial charge in [-0.25, -0.2) is 4.79 Å². The van der Waals surface area contributed by atoms with Crippen molar-refractivity contribution in [3.63, 3.8) is 0 Å². The van der Waals surface area contributed by atoms with Crippen molar-refractivity contribution in [3.05, 3.63) is 0 Å². The van der Waals surface area contributed by atoms with E-state index in [-0.39, 0.29) is 63.0 Å². The first-order valence-electron chi connectivity index (χ1n) is 17.5. The zero-order valence-corrected chi connectivity index (χ0v) is 31.5. The summed E-state index contributed by atoms with van der Waals surface area (Å²) < 4.78 is 0. The first-order valence-corrected chi connectivity index (χ1v) is 17.5. The molecule has 0 aromatic carbocycles. The van der Waals surface area contributed by atoms with Gasteiger partial charge in [0.15, 0.2) is 18.0 Å². The molecule has 24 nitrogen and oxygen atoms in total. The van der Waals surface area contributed by atoms with Crippen LogP contribution in [0.25, 0.3) is 0 Å². The number of guanidine groups is 2. The molecule has 20 N–H and O–H groups in total. The van der Waals surface area contributed by atoms with Gasteiger partial charge in [0.1, 0.15) is 30.2 Å². The van der Waals surface area contributed by atoms with Crippen LogP contribution in [0.2, 0.25) is 0 Å². The molecule has 8 atom stereocenters. The fourth-order valence-electron chi connectivity index (χ4n) is 4.71. The Bertz CT molecular complexity index is 1350. The fraction of sp³-hybridized carbons (Fsp3) is 0.710. The summed E-state index contributed by atoms with van der Waals surface area (Å²) in [6.45, 7) is 4.54. The molecular weight excluding hydrogens is 730 g/mol. The van der Waals surface area contributed by atoms with Crippen LogP contribution in [0.1, 0.15) is 59.8 Å². The van der Waals surface area contributed by atoms with Crippen LogP contribution in [-0.2, 0) is 33.6 Å². The number of hydrogen-bond acceptors (Lipinski definition) is 13. The Morgan fingerprint density at radius 1 is 0.618 bits per heavy atom. The predicted molar refractivity (Wildman–Crippen MR) is 198 cm³/mol. The molecule has 6 amide bonds. The third-order valence-corrected chi connectivity index (χ3v) is 7.58. The lowest BCUT2D eigenvalue weighted by Crippen LogP contribution is -2.60. The van der Waals surface area contributed by atoms with E-state index in [9.17, 15) is 54.0 Å². The van der Waals surface area contributed by atoms with Crippen molar-refractivity contribution in [2.75, 3.05) is 26.2 Å². The highest BCUT2D eigenvalue weighted by atomic mass is 16.4. The molecule has 0 fully saturated rings. The molecule has 0 radical (unpaired) electrons. The molecule has 0 aliphatic heterocycles. The zero-order chi connectivity index (χ0) is 42.4. The third kappa shape index (κ3) is 20.6. The topological polar surface area (TPSA) is 427 Å². The Balaban J connectivity index is 5.92. The number of aliphatic hydroxyl groups is 3. The van der Waals surface area contributed by atoms with E-state index in [1.165, 1.54) is 6.92 Å². The maximum Gasteiger partial charge on any atom is 0.328 e. The molecule has 0 saturated carbocycles. The highest BCUT2D eigenvalue weighted by Crippen LogP contribution is 2.09. The molecule has 0 aliphatic carbocycles. The molecule has 0 rings (SSSR count). The molecule has 0 saturated heterocycles. The quantitative estimate of drug-likeness (QED) is 0.0220. The van der Waals surface area contributed by atoms with Crippen molar-refractivity contribution in [3.8, 4) is 0 Å². The second kappa shape index (κ2) is 25.6. The summed E-state index contributed by atoms with van der Waals surface area (Å²) in [5, 5.41) is 52.9. The highest BCUT2D eigenvalue weighted by molar-refractivity contribution is 5.96. The van der Waals surface area contributed by atoms with E-state index in [0.29, 0.717) is 0 Å². The average molecular weight is 790 g/mol. The van der Waals surface area contributed by atoms with Crippen molar-refractivity contribution in [2.45, 2.75) is 108 Å². The van der Waals surface area contributed by atoms with Gasteiger partial charge < -0.3 is 81.0 Å². The van der Waals surface area contributed by atoms with Crippen LogP contribution in [0.5, 0.6) is 0 Å². The first-order chi connectivity index (χ1) is 25.6. The average Bonchev–Trinajstić information content (AvgIpc) is 3.08. The summed E-state index contributed by atoms with van der Waals surface area (Å²) in [6, 6.07) is -8.62. The van der Waals surface area contributed by atoms with Gasteiger partial charge in [-0.05, 0) is 51.9 Å². The SMILES string of the molecule is CC(C)C[C@H](NC(=O)[C@@H](NC(=O)CNC(=O)[C@H](CCCN=C(N)N)NC(=O)[C@@H](N)CO)[C@@H](C)O)C(=O)N[C@@H](CCCN=C(N)N)C(=O)N[C@H](C(=O)O)[C@@H](C)O. The lowest BCUT2D eigenvalue weighted by atomic mass is 10.0. The number of nitrogens with two attached hydrogens (primary N) is 5. The number of carbonyl (C=O) groups is 7. The third-order valence-electron chi connectivity index (χ3n) is 7.58. The molecule has 24 heteroatoms. The molecule has 314 valence electrons. The molecule has 0 aromatic rings. The lowest BCUT2D eigenvalue weighted by molar-refractivity contribution is -0.145. The fourth-order valence-corrected chi connectivity index (χ4v) is 4.71. The molecule has 0 spiro atoms. The van der Waals surface area contributed by atoms with Gasteiger partial charge in [-0.2, -0.15) is 0 Å². The van der Waals surface area contributed by atoms with Crippen LogP contribution in [-0.4, -0.2) is 148 Å². The van der Waals surface area contributed by atoms with E-state index >= 15 is 0 Å². The minimum absolute atomic E-state index is 0.00557. The van der Waals surface area contributed by atoms with Gasteiger partial charge in [-0.15, -0.1) is 0 Å². The summed E-state index contributed by atoms with van der Waals surface area (Å²) in [5.74, 6) is -7.61. The summed E-state index contributed by atoms with van der Waals surface area (Å²) in [7, 11) is 0. The maximum atomic E-state index is 13.5. The standard InChI is InChI=1S/C31H59N13O11/c1-14(2)11-20(27(52)41-19(8-6-10-38-31(35)36)26(51)44-23(16(4)47)29(54)55)42-28(53)22(15(3)46)43-21(48)12-39-25(50)18(7-5-9-37-30(33)34)40-24(49)17(32)13-45/h14-20,22-23,45-47H,5-13,32H2,1-4H3,(H,39,50)(H,40,49)(H,41,52)(H,42,53)(H,43,48)(H,44,51)(H,54,55)(H4,33,34,37)(H4,35,36,38)/t15-,16-,17+,18+,19+,20+,22+,23+/m1/s1. The van der Waals surface area contributed by atoms with E-state index < -0.39 is 103 Å². The number of rotatable bonds is 26. The van der Waals surface area contributed by atoms with E-state index in [1.807, 2.05) is 0 Å². The van der Waals surface area contributed by atoms with Crippen molar-refractivity contribution >= 4 is 53.3 Å². The maximum absolute atomic E-state index is 13.5. The molecule has 0 unspecified atom stereocenters. The minimum Gasteiger partial charge on any atom is -0.480 e. The molecular formula is C31H59N13O11. The summed E-state index contributed by atoms with van der Waals surface area (Å²) in [6.07, 6.45) is -2.71. The van der Waals surface area contributed by atoms with E-state index in [1.54, 1.807) is 13.8 Å². The largest absolute Gasteiger partial charge is 0.480 e.